The minimum absolute atomic E-state index is 0.0554. The number of ether oxygens (including phenoxy) is 1. The van der Waals surface area contributed by atoms with E-state index in [0.29, 0.717) is 11.1 Å². The summed E-state index contributed by atoms with van der Waals surface area (Å²) >= 11 is 0. The van der Waals surface area contributed by atoms with E-state index in [4.69, 9.17) is 4.74 Å². The molecule has 0 N–H and O–H groups in total. The lowest BCUT2D eigenvalue weighted by Gasteiger charge is -2.04. The van der Waals surface area contributed by atoms with Crippen LogP contribution in [0.4, 0.5) is 4.39 Å². The first kappa shape index (κ1) is 13.4. The highest BCUT2D eigenvalue weighted by molar-refractivity contribution is 6.04. The molecule has 4 heteroatoms. The number of hydrogen-bond acceptors (Lipinski definition) is 2. The molecule has 21 heavy (non-hydrogen) atoms. The van der Waals surface area contributed by atoms with Crippen molar-refractivity contribution >= 4 is 16.9 Å². The lowest BCUT2D eigenvalue weighted by atomic mass is 10.2. The average molecular weight is 283 g/mol. The number of aryl methyl sites for hydroxylation is 1. The third kappa shape index (κ3) is 2.65. The molecule has 0 aliphatic carbocycles. The molecule has 1 aromatic heterocycles. The average Bonchev–Trinajstić information content (AvgIpc) is 2.83. The van der Waals surface area contributed by atoms with Gasteiger partial charge in [-0.05, 0) is 23.8 Å². The molecular formula is C17H14FNO2. The van der Waals surface area contributed by atoms with Crippen LogP contribution in [0.5, 0.6) is 0 Å². The Labute approximate surface area is 121 Å². The Morgan fingerprint density at radius 3 is 2.81 bits per heavy atom. The number of hydrogen-bond donors (Lipinski definition) is 0. The lowest BCUT2D eigenvalue weighted by Crippen LogP contribution is -2.04. The summed E-state index contributed by atoms with van der Waals surface area (Å²) in [5, 5.41) is 0.851. The third-order valence-corrected chi connectivity index (χ3v) is 3.38. The second kappa shape index (κ2) is 5.40. The van der Waals surface area contributed by atoms with Gasteiger partial charge in [-0.3, -0.25) is 0 Å². The Hall–Kier alpha value is -2.62. The van der Waals surface area contributed by atoms with Crippen LogP contribution in [0.1, 0.15) is 15.9 Å². The van der Waals surface area contributed by atoms with Crippen molar-refractivity contribution in [2.24, 2.45) is 7.05 Å². The zero-order valence-corrected chi connectivity index (χ0v) is 11.5. The van der Waals surface area contributed by atoms with E-state index in [9.17, 15) is 9.18 Å². The van der Waals surface area contributed by atoms with Crippen LogP contribution in [0.25, 0.3) is 10.9 Å². The zero-order chi connectivity index (χ0) is 14.8. The molecule has 0 fully saturated rings. The number of esters is 1. The van der Waals surface area contributed by atoms with Gasteiger partial charge in [0.1, 0.15) is 12.4 Å². The highest BCUT2D eigenvalue weighted by Gasteiger charge is 2.14. The SMILES string of the molecule is Cn1cc(C(=O)OCc2cccc(F)c2)c2ccccc21. The summed E-state index contributed by atoms with van der Waals surface area (Å²) in [7, 11) is 1.88. The lowest BCUT2D eigenvalue weighted by molar-refractivity contribution is 0.0474. The van der Waals surface area contributed by atoms with Gasteiger partial charge in [-0.25, -0.2) is 9.18 Å². The number of carbonyl (C=O) groups excluding carboxylic acids is 1. The number of carbonyl (C=O) groups is 1. The minimum atomic E-state index is -0.406. The van der Waals surface area contributed by atoms with Gasteiger partial charge in [-0.15, -0.1) is 0 Å². The maximum Gasteiger partial charge on any atom is 0.340 e. The Kier molecular flexibility index (Phi) is 3.44. The molecule has 0 unspecified atom stereocenters. The second-order valence-electron chi connectivity index (χ2n) is 4.88. The fourth-order valence-electron chi connectivity index (χ4n) is 2.36. The molecule has 0 saturated carbocycles. The number of nitrogens with zero attached hydrogens (tertiary/aromatic N) is 1. The number of fused-ring (bicyclic) bond motifs is 1. The molecule has 0 aliphatic rings. The monoisotopic (exact) mass is 283 g/mol. The van der Waals surface area contributed by atoms with E-state index in [1.165, 1.54) is 12.1 Å². The predicted octanol–water partition coefficient (Wildman–Crippen LogP) is 3.67. The number of para-hydroxylation sites is 1. The van der Waals surface area contributed by atoms with Gasteiger partial charge in [-0.1, -0.05) is 30.3 Å². The van der Waals surface area contributed by atoms with Gasteiger partial charge < -0.3 is 9.30 Å². The van der Waals surface area contributed by atoms with Crippen LogP contribution >= 0.6 is 0 Å². The molecule has 0 saturated heterocycles. The van der Waals surface area contributed by atoms with Crippen molar-refractivity contribution in [1.82, 2.24) is 4.57 Å². The molecule has 3 rings (SSSR count). The van der Waals surface area contributed by atoms with Crippen molar-refractivity contribution < 1.29 is 13.9 Å². The van der Waals surface area contributed by atoms with Gasteiger partial charge in [0.25, 0.3) is 0 Å². The van der Waals surface area contributed by atoms with Gasteiger partial charge in [0.05, 0.1) is 5.56 Å². The molecule has 3 aromatic rings. The van der Waals surface area contributed by atoms with Crippen molar-refractivity contribution in [3.8, 4) is 0 Å². The standard InChI is InChI=1S/C17H14FNO2/c1-19-10-15(14-7-2-3-8-16(14)19)17(20)21-11-12-5-4-6-13(18)9-12/h2-10H,11H2,1H3. The normalized spacial score (nSPS) is 10.8. The van der Waals surface area contributed by atoms with Crippen LogP contribution < -0.4 is 0 Å². The van der Waals surface area contributed by atoms with Crippen LogP contribution in [-0.2, 0) is 18.4 Å². The molecule has 0 atom stereocenters. The van der Waals surface area contributed by atoms with Crippen molar-refractivity contribution in [3.63, 3.8) is 0 Å². The highest BCUT2D eigenvalue weighted by atomic mass is 19.1. The summed E-state index contributed by atoms with van der Waals surface area (Å²) in [6.45, 7) is 0.0554. The molecular weight excluding hydrogens is 269 g/mol. The largest absolute Gasteiger partial charge is 0.457 e. The topological polar surface area (TPSA) is 31.2 Å². The van der Waals surface area contributed by atoms with E-state index in [1.807, 2.05) is 35.9 Å². The molecule has 0 aliphatic heterocycles. The first-order valence-electron chi connectivity index (χ1n) is 6.61. The van der Waals surface area contributed by atoms with Crippen LogP contribution in [0.2, 0.25) is 0 Å². The van der Waals surface area contributed by atoms with E-state index < -0.39 is 5.97 Å². The summed E-state index contributed by atoms with van der Waals surface area (Å²) in [5.74, 6) is -0.746. The molecule has 0 spiro atoms. The summed E-state index contributed by atoms with van der Waals surface area (Å²) < 4.78 is 20.2. The summed E-state index contributed by atoms with van der Waals surface area (Å²) in [6.07, 6.45) is 1.75. The Bertz CT molecular complexity index is 807. The van der Waals surface area contributed by atoms with Crippen LogP contribution in [0.3, 0.4) is 0 Å². The smallest absolute Gasteiger partial charge is 0.340 e. The fourth-order valence-corrected chi connectivity index (χ4v) is 2.36. The fraction of sp³-hybridized carbons (Fsp3) is 0.118. The van der Waals surface area contributed by atoms with Gasteiger partial charge in [-0.2, -0.15) is 0 Å². The Morgan fingerprint density at radius 1 is 1.19 bits per heavy atom. The summed E-state index contributed by atoms with van der Waals surface area (Å²) in [6, 6.07) is 13.7. The highest BCUT2D eigenvalue weighted by Crippen LogP contribution is 2.21. The Morgan fingerprint density at radius 2 is 2.00 bits per heavy atom. The van der Waals surface area contributed by atoms with E-state index >= 15 is 0 Å². The van der Waals surface area contributed by atoms with Gasteiger partial charge >= 0.3 is 5.97 Å². The second-order valence-corrected chi connectivity index (χ2v) is 4.88. The summed E-state index contributed by atoms with van der Waals surface area (Å²) in [4.78, 5) is 12.2. The van der Waals surface area contributed by atoms with E-state index in [-0.39, 0.29) is 12.4 Å². The van der Waals surface area contributed by atoms with Crippen molar-refractivity contribution in [1.29, 1.82) is 0 Å². The maximum atomic E-state index is 13.1. The molecule has 1 heterocycles. The number of benzene rings is 2. The van der Waals surface area contributed by atoms with Crippen molar-refractivity contribution in [2.75, 3.05) is 0 Å². The third-order valence-electron chi connectivity index (χ3n) is 3.38. The number of rotatable bonds is 3. The summed E-state index contributed by atoms with van der Waals surface area (Å²) in [5.41, 5.74) is 2.11. The van der Waals surface area contributed by atoms with Crippen LogP contribution in [-0.4, -0.2) is 10.5 Å². The van der Waals surface area contributed by atoms with Crippen LogP contribution in [0, 0.1) is 5.82 Å². The molecule has 0 radical (unpaired) electrons. The van der Waals surface area contributed by atoms with E-state index in [0.717, 1.165) is 10.9 Å². The number of aromatic nitrogens is 1. The van der Waals surface area contributed by atoms with Gasteiger partial charge in [0.15, 0.2) is 0 Å². The minimum Gasteiger partial charge on any atom is -0.457 e. The van der Waals surface area contributed by atoms with Gasteiger partial charge in [0, 0.05) is 24.1 Å². The maximum absolute atomic E-state index is 13.1. The molecule has 106 valence electrons. The molecule has 2 aromatic carbocycles. The van der Waals surface area contributed by atoms with E-state index in [2.05, 4.69) is 0 Å². The quantitative estimate of drug-likeness (QED) is 0.687. The number of halogens is 1. The predicted molar refractivity (Wildman–Crippen MR) is 78.4 cm³/mol. The molecule has 0 amide bonds. The zero-order valence-electron chi connectivity index (χ0n) is 11.5. The van der Waals surface area contributed by atoms with Crippen molar-refractivity contribution in [2.45, 2.75) is 6.61 Å². The first-order valence-corrected chi connectivity index (χ1v) is 6.61. The van der Waals surface area contributed by atoms with E-state index in [1.54, 1.807) is 18.3 Å². The molecule has 3 nitrogen and oxygen atoms in total. The van der Waals surface area contributed by atoms with Crippen LogP contribution in [0.15, 0.2) is 54.7 Å². The van der Waals surface area contributed by atoms with Crippen molar-refractivity contribution in [3.05, 3.63) is 71.7 Å². The first-order chi connectivity index (χ1) is 10.1. The molecule has 0 bridgehead atoms. The Balaban J connectivity index is 1.81. The van der Waals surface area contributed by atoms with Gasteiger partial charge in [0.2, 0.25) is 0 Å².